The van der Waals surface area contributed by atoms with E-state index in [0.717, 1.165) is 0 Å². The number of carbonyl (C=O) groups excluding carboxylic acids is 1. The van der Waals surface area contributed by atoms with Crippen molar-refractivity contribution in [3.8, 4) is 0 Å². The average molecular weight is 288 g/mol. The van der Waals surface area contributed by atoms with E-state index in [2.05, 4.69) is 5.32 Å². The van der Waals surface area contributed by atoms with Gasteiger partial charge in [-0.15, -0.1) is 0 Å². The second kappa shape index (κ2) is 7.28. The molecule has 1 aromatic rings. The third kappa shape index (κ3) is 5.42. The topological polar surface area (TPSA) is 66.4 Å². The maximum Gasteiger partial charge on any atom is 0.307 e. The van der Waals surface area contributed by atoms with E-state index in [0.29, 0.717) is 16.5 Å². The summed E-state index contributed by atoms with van der Waals surface area (Å²) in [5.74, 6) is -0.789. The lowest BCUT2D eigenvalue weighted by Crippen LogP contribution is -2.17. The monoisotopic (exact) mass is 287 g/mol. The zero-order chi connectivity index (χ0) is 13.5. The van der Waals surface area contributed by atoms with E-state index in [9.17, 15) is 9.59 Å². The molecule has 0 saturated heterocycles. The summed E-state index contributed by atoms with van der Waals surface area (Å²) in [7, 11) is 0. The molecule has 0 radical (unpaired) electrons. The largest absolute Gasteiger partial charge is 0.481 e. The van der Waals surface area contributed by atoms with Gasteiger partial charge in [0.25, 0.3) is 0 Å². The van der Waals surface area contributed by atoms with E-state index in [1.165, 1.54) is 11.8 Å². The molecule has 1 amide bonds. The van der Waals surface area contributed by atoms with Crippen molar-refractivity contribution in [2.24, 2.45) is 5.92 Å². The van der Waals surface area contributed by atoms with Crippen LogP contribution in [0.1, 0.15) is 6.92 Å². The van der Waals surface area contributed by atoms with Crippen molar-refractivity contribution in [1.82, 2.24) is 0 Å². The van der Waals surface area contributed by atoms with E-state index >= 15 is 0 Å². The van der Waals surface area contributed by atoms with Crippen LogP contribution in [-0.4, -0.2) is 28.5 Å². The standard InChI is InChI=1S/C12H14ClNO3S/c1-8(12(16)17)6-18-7-11(15)14-10-4-2-9(13)3-5-10/h2-5,8H,6-7H2,1H3,(H,14,15)(H,16,17). The van der Waals surface area contributed by atoms with Gasteiger partial charge in [-0.05, 0) is 24.3 Å². The highest BCUT2D eigenvalue weighted by atomic mass is 35.5. The molecule has 0 aliphatic carbocycles. The molecule has 0 aliphatic heterocycles. The van der Waals surface area contributed by atoms with Crippen LogP contribution in [0.4, 0.5) is 5.69 Å². The van der Waals surface area contributed by atoms with Gasteiger partial charge in [-0.2, -0.15) is 11.8 Å². The highest BCUT2D eigenvalue weighted by Gasteiger charge is 2.11. The van der Waals surface area contributed by atoms with Gasteiger partial charge in [0.1, 0.15) is 0 Å². The lowest BCUT2D eigenvalue weighted by atomic mass is 10.2. The summed E-state index contributed by atoms with van der Waals surface area (Å²) < 4.78 is 0. The number of carboxylic acids is 1. The molecule has 1 atom stereocenters. The Bertz CT molecular complexity index is 422. The number of rotatable bonds is 6. The summed E-state index contributed by atoms with van der Waals surface area (Å²) in [6.07, 6.45) is 0. The fourth-order valence-electron chi connectivity index (χ4n) is 1.13. The highest BCUT2D eigenvalue weighted by Crippen LogP contribution is 2.14. The zero-order valence-corrected chi connectivity index (χ0v) is 11.4. The van der Waals surface area contributed by atoms with Gasteiger partial charge >= 0.3 is 5.97 Å². The summed E-state index contributed by atoms with van der Waals surface area (Å²) in [4.78, 5) is 22.1. The Balaban J connectivity index is 2.30. The fourth-order valence-corrected chi connectivity index (χ4v) is 2.13. The van der Waals surface area contributed by atoms with Crippen LogP contribution in [-0.2, 0) is 9.59 Å². The van der Waals surface area contributed by atoms with Crippen molar-refractivity contribution >= 4 is 40.9 Å². The van der Waals surface area contributed by atoms with Gasteiger partial charge in [-0.3, -0.25) is 9.59 Å². The van der Waals surface area contributed by atoms with Crippen LogP contribution in [0.3, 0.4) is 0 Å². The lowest BCUT2D eigenvalue weighted by Gasteiger charge is -2.07. The summed E-state index contributed by atoms with van der Waals surface area (Å²) >= 11 is 7.03. The summed E-state index contributed by atoms with van der Waals surface area (Å²) in [6.45, 7) is 1.62. The van der Waals surface area contributed by atoms with E-state index in [1.54, 1.807) is 31.2 Å². The first kappa shape index (κ1) is 14.9. The zero-order valence-electron chi connectivity index (χ0n) is 9.85. The number of hydrogen-bond acceptors (Lipinski definition) is 3. The van der Waals surface area contributed by atoms with E-state index in [1.807, 2.05) is 0 Å². The van der Waals surface area contributed by atoms with Crippen molar-refractivity contribution in [1.29, 1.82) is 0 Å². The van der Waals surface area contributed by atoms with Crippen LogP contribution in [0.25, 0.3) is 0 Å². The molecule has 4 nitrogen and oxygen atoms in total. The Labute approximate surface area is 115 Å². The molecule has 0 spiro atoms. The van der Waals surface area contributed by atoms with Gasteiger partial charge in [0.15, 0.2) is 0 Å². The smallest absolute Gasteiger partial charge is 0.307 e. The van der Waals surface area contributed by atoms with Gasteiger partial charge in [0, 0.05) is 16.5 Å². The van der Waals surface area contributed by atoms with Gasteiger partial charge in [-0.25, -0.2) is 0 Å². The Hall–Kier alpha value is -1.20. The number of nitrogens with one attached hydrogen (secondary N) is 1. The lowest BCUT2D eigenvalue weighted by molar-refractivity contribution is -0.140. The Morgan fingerprint density at radius 3 is 2.56 bits per heavy atom. The molecular weight excluding hydrogens is 274 g/mol. The van der Waals surface area contributed by atoms with Crippen LogP contribution in [0.2, 0.25) is 5.02 Å². The molecule has 6 heteroatoms. The molecule has 0 aliphatic rings. The highest BCUT2D eigenvalue weighted by molar-refractivity contribution is 8.00. The number of halogens is 1. The predicted octanol–water partition coefficient (Wildman–Crippen LogP) is 2.73. The van der Waals surface area contributed by atoms with Gasteiger partial charge in [-0.1, -0.05) is 18.5 Å². The normalized spacial score (nSPS) is 11.9. The fraction of sp³-hybridized carbons (Fsp3) is 0.333. The summed E-state index contributed by atoms with van der Waals surface area (Å²) in [6, 6.07) is 6.81. The summed E-state index contributed by atoms with van der Waals surface area (Å²) in [5.41, 5.74) is 0.677. The van der Waals surface area contributed by atoms with E-state index in [4.69, 9.17) is 16.7 Å². The second-order valence-electron chi connectivity index (χ2n) is 3.81. The Kier molecular flexibility index (Phi) is 6.01. The summed E-state index contributed by atoms with van der Waals surface area (Å²) in [5, 5.41) is 12.0. The van der Waals surface area contributed by atoms with Crippen LogP contribution in [0, 0.1) is 5.92 Å². The molecule has 1 rings (SSSR count). The minimum atomic E-state index is -0.847. The molecule has 0 aromatic heterocycles. The minimum Gasteiger partial charge on any atom is -0.481 e. The van der Waals surface area contributed by atoms with Crippen molar-refractivity contribution < 1.29 is 14.7 Å². The first-order valence-electron chi connectivity index (χ1n) is 5.35. The number of carboxylic acid groups (broad SMARTS) is 1. The van der Waals surface area contributed by atoms with Crippen molar-refractivity contribution in [3.63, 3.8) is 0 Å². The average Bonchev–Trinajstić information content (AvgIpc) is 2.32. The molecule has 0 heterocycles. The van der Waals surface area contributed by atoms with Crippen LogP contribution >= 0.6 is 23.4 Å². The number of carbonyl (C=O) groups is 2. The number of benzene rings is 1. The maximum atomic E-state index is 11.5. The van der Waals surface area contributed by atoms with Crippen LogP contribution in [0.5, 0.6) is 0 Å². The SMILES string of the molecule is CC(CSCC(=O)Nc1ccc(Cl)cc1)C(=O)O. The first-order chi connectivity index (χ1) is 8.49. The van der Waals surface area contributed by atoms with Crippen molar-refractivity contribution in [2.75, 3.05) is 16.8 Å². The number of amides is 1. The Morgan fingerprint density at radius 2 is 2.00 bits per heavy atom. The number of aliphatic carboxylic acids is 1. The number of thioether (sulfide) groups is 1. The van der Waals surface area contributed by atoms with Gasteiger partial charge < -0.3 is 10.4 Å². The molecule has 1 unspecified atom stereocenters. The number of hydrogen-bond donors (Lipinski definition) is 2. The predicted molar refractivity (Wildman–Crippen MR) is 74.2 cm³/mol. The molecule has 1 aromatic carbocycles. The number of anilines is 1. The third-order valence-electron chi connectivity index (χ3n) is 2.15. The molecule has 0 fully saturated rings. The molecule has 98 valence electrons. The molecule has 2 N–H and O–H groups in total. The van der Waals surface area contributed by atoms with Gasteiger partial charge in [0.2, 0.25) is 5.91 Å². The molecule has 18 heavy (non-hydrogen) atoms. The van der Waals surface area contributed by atoms with Crippen molar-refractivity contribution in [3.05, 3.63) is 29.3 Å². The quantitative estimate of drug-likeness (QED) is 0.844. The third-order valence-corrected chi connectivity index (χ3v) is 3.60. The maximum absolute atomic E-state index is 11.5. The molecule has 0 saturated carbocycles. The van der Waals surface area contributed by atoms with E-state index < -0.39 is 11.9 Å². The first-order valence-corrected chi connectivity index (χ1v) is 6.88. The van der Waals surface area contributed by atoms with E-state index in [-0.39, 0.29) is 11.7 Å². The minimum absolute atomic E-state index is 0.153. The van der Waals surface area contributed by atoms with Crippen LogP contribution < -0.4 is 5.32 Å². The van der Waals surface area contributed by atoms with Gasteiger partial charge in [0.05, 0.1) is 11.7 Å². The second-order valence-corrected chi connectivity index (χ2v) is 5.28. The van der Waals surface area contributed by atoms with Crippen molar-refractivity contribution in [2.45, 2.75) is 6.92 Å². The van der Waals surface area contributed by atoms with Crippen LogP contribution in [0.15, 0.2) is 24.3 Å². The molecular formula is C12H14ClNO3S. The molecule has 0 bridgehead atoms. The Morgan fingerprint density at radius 1 is 1.39 bits per heavy atom.